The first-order chi connectivity index (χ1) is 38.7. The molecule has 6 aromatic rings. The highest BCUT2D eigenvalue weighted by Crippen LogP contribution is 2.16. The van der Waals surface area contributed by atoms with Gasteiger partial charge in [-0.25, -0.2) is 16.8 Å². The van der Waals surface area contributed by atoms with Crippen LogP contribution in [0.25, 0.3) is 11.0 Å². The number of quaternary nitrogens is 1. The summed E-state index contributed by atoms with van der Waals surface area (Å²) in [5.74, 6) is -6.73. The Morgan fingerprint density at radius 3 is 1.34 bits per heavy atom. The number of guanidine groups is 1. The number of carboxylic acid groups (broad SMARTS) is 3. The van der Waals surface area contributed by atoms with Crippen molar-refractivity contribution in [3.63, 3.8) is 0 Å². The zero-order chi connectivity index (χ0) is 60.6. The maximum Gasteiger partial charge on any atom is 0.430 e. The molecule has 2 amide bonds. The molecule has 4 heterocycles. The Balaban J connectivity index is 0.000000387. The first-order valence-electron chi connectivity index (χ1n) is 24.6. The van der Waals surface area contributed by atoms with Gasteiger partial charge in [0.2, 0.25) is 20.0 Å². The molecule has 450 valence electrons. The van der Waals surface area contributed by atoms with Crippen LogP contribution < -0.4 is 63.0 Å². The summed E-state index contributed by atoms with van der Waals surface area (Å²) < 4.78 is 99.5. The van der Waals surface area contributed by atoms with Crippen molar-refractivity contribution in [1.82, 2.24) is 28.9 Å². The van der Waals surface area contributed by atoms with E-state index in [0.717, 1.165) is 45.1 Å². The first kappa shape index (κ1) is 68.7. The van der Waals surface area contributed by atoms with Crippen molar-refractivity contribution in [2.45, 2.75) is 66.6 Å². The summed E-state index contributed by atoms with van der Waals surface area (Å²) in [4.78, 5) is 87.1. The monoisotopic (exact) mass is 1220 g/mol. The second kappa shape index (κ2) is 32.7. The van der Waals surface area contributed by atoms with E-state index in [9.17, 15) is 69.0 Å². The second-order valence-corrected chi connectivity index (χ2v) is 20.7. The summed E-state index contributed by atoms with van der Waals surface area (Å²) >= 11 is 0. The summed E-state index contributed by atoms with van der Waals surface area (Å²) in [6.45, 7) is 1.12. The van der Waals surface area contributed by atoms with Gasteiger partial charge >= 0.3 is 18.1 Å². The number of carboxylic acids is 3. The topological polar surface area (TPSA) is 419 Å². The number of carbonyl (C=O) groups excluding carboxylic acids is 3. The van der Waals surface area contributed by atoms with Gasteiger partial charge < -0.3 is 57.4 Å². The minimum atomic E-state index is -5.19. The summed E-state index contributed by atoms with van der Waals surface area (Å²) in [5, 5.41) is 32.4. The highest BCUT2D eigenvalue weighted by Gasteiger charge is 2.30. The fraction of sp³-hybridized carbons (Fsp3) is 0.294. The number of benzene rings is 2. The van der Waals surface area contributed by atoms with Crippen molar-refractivity contribution >= 4 is 79.2 Å². The number of hydrogen-bond acceptors (Lipinski definition) is 15. The smallest absolute Gasteiger partial charge is 0.430 e. The van der Waals surface area contributed by atoms with Gasteiger partial charge in [0.05, 0.1) is 41.9 Å². The third-order valence-electron chi connectivity index (χ3n) is 11.1. The molecule has 0 aliphatic heterocycles. The van der Waals surface area contributed by atoms with Gasteiger partial charge in [0.15, 0.2) is 5.96 Å². The molecule has 0 saturated heterocycles. The number of ether oxygens (including phenoxy) is 2. The highest BCUT2D eigenvalue weighted by atomic mass is 35.5. The standard InChI is InChI=1S/C25H30N6O7S.C24H28N4O7S.C2HF3O2.ClH/c26-25(27)28-13-5-2-6-14-38-18-11-9-17-10-12-20(23(33)31(17)16-18)22(32)29-15-21(24(34)35)30-39(36,37)19-7-3-1-4-8-19;25-13-5-2-6-14-35-18-11-9-17-10-12-20(23(30)28(17)16-18)22(29)26-15-21(24(31)32)27-36(33,34)19-7-3-1-4-8-19;3-2(4,5)1(6)7;/h1,3-4,7-12,16,21,30H,2,5-6,13-15H2,(H,29,32)(H,34,35)(H4,26,27,28);1,3-4,7-12,16,21,27H,2,5-6,13-15,25H2,(H,26,29)(H,31,32);(H,6,7);1H/t2*21-;;/m00../s1. The highest BCUT2D eigenvalue weighted by molar-refractivity contribution is 7.89. The largest absolute Gasteiger partial charge is 0.542 e. The van der Waals surface area contributed by atoms with Gasteiger partial charge in [-0.15, -0.1) is 12.4 Å². The molecule has 0 radical (unpaired) electrons. The quantitative estimate of drug-likeness (QED) is 0.0190. The number of fused-ring (bicyclic) bond motifs is 2. The van der Waals surface area contributed by atoms with Crippen LogP contribution in [0.4, 0.5) is 13.2 Å². The third kappa shape index (κ3) is 22.0. The van der Waals surface area contributed by atoms with Gasteiger partial charge in [0, 0.05) is 30.7 Å². The molecule has 2 atom stereocenters. The lowest BCUT2D eigenvalue weighted by Gasteiger charge is -2.16. The zero-order valence-electron chi connectivity index (χ0n) is 43.9. The van der Waals surface area contributed by atoms with Gasteiger partial charge in [-0.2, -0.15) is 22.6 Å². The number of amides is 2. The SMILES string of the molecule is Cl.NC(N)=NCCCCCOc1ccc2ccc(C(=O)NC[C@H](NS(=O)(=O)c3ccccc3)C(=O)O)c(=O)n2c1.O=C([O-])C(F)(F)F.[NH3+]CCCCCOc1ccc2ccc(C(=O)NC[C@H](NS(=O)(=O)c3ccccc3)C(=O)O)c(=O)n2c1. The van der Waals surface area contributed by atoms with Gasteiger partial charge in [0.25, 0.3) is 22.9 Å². The minimum absolute atomic E-state index is 0. The van der Waals surface area contributed by atoms with Crippen molar-refractivity contribution in [2.75, 3.05) is 39.4 Å². The number of aromatic nitrogens is 2. The van der Waals surface area contributed by atoms with Gasteiger partial charge in [0.1, 0.15) is 40.7 Å². The Morgan fingerprint density at radius 1 is 0.614 bits per heavy atom. The van der Waals surface area contributed by atoms with Crippen LogP contribution in [0.15, 0.2) is 146 Å². The van der Waals surface area contributed by atoms with Gasteiger partial charge in [-0.3, -0.25) is 42.6 Å². The Hall–Kier alpha value is -8.62. The molecule has 83 heavy (non-hydrogen) atoms. The van der Waals surface area contributed by atoms with Gasteiger partial charge in [-0.05, 0) is 111 Å². The van der Waals surface area contributed by atoms with Crippen molar-refractivity contribution in [2.24, 2.45) is 16.5 Å². The van der Waals surface area contributed by atoms with E-state index in [1.54, 1.807) is 48.5 Å². The van der Waals surface area contributed by atoms with Gasteiger partial charge in [-0.1, -0.05) is 36.4 Å². The number of nitrogens with zero attached hydrogens (tertiary/aromatic N) is 3. The minimum Gasteiger partial charge on any atom is -0.542 e. The van der Waals surface area contributed by atoms with Crippen LogP contribution in [0.5, 0.6) is 11.5 Å². The molecular formula is C51H60ClF3N10O16S2. The fourth-order valence-electron chi connectivity index (χ4n) is 6.95. The maximum absolute atomic E-state index is 13.0. The molecule has 0 aliphatic rings. The number of nitrogens with two attached hydrogens (primary N) is 2. The van der Waals surface area contributed by atoms with Crippen molar-refractivity contribution < 1.29 is 84.5 Å². The molecule has 32 heteroatoms. The second-order valence-electron chi connectivity index (χ2n) is 17.3. The van der Waals surface area contributed by atoms with Crippen molar-refractivity contribution in [3.05, 3.63) is 153 Å². The van der Waals surface area contributed by atoms with Crippen LogP contribution in [-0.2, 0) is 34.4 Å². The van der Waals surface area contributed by atoms with Crippen LogP contribution in [0.2, 0.25) is 0 Å². The average Bonchev–Trinajstić information content (AvgIpc) is 3.64. The summed E-state index contributed by atoms with van der Waals surface area (Å²) in [6.07, 6.45) is 2.99. The molecule has 0 unspecified atom stereocenters. The number of aliphatic carboxylic acids is 3. The lowest BCUT2D eigenvalue weighted by atomic mass is 10.2. The van der Waals surface area contributed by atoms with E-state index in [4.69, 9.17) is 30.8 Å². The number of halogens is 4. The van der Waals surface area contributed by atoms with Crippen LogP contribution in [0, 0.1) is 0 Å². The van der Waals surface area contributed by atoms with E-state index in [-0.39, 0.29) is 39.3 Å². The summed E-state index contributed by atoms with van der Waals surface area (Å²) in [7, 11) is -8.29. The van der Waals surface area contributed by atoms with Crippen LogP contribution >= 0.6 is 12.4 Å². The lowest BCUT2D eigenvalue weighted by Crippen LogP contribution is -2.50. The van der Waals surface area contributed by atoms with E-state index >= 15 is 0 Å². The van der Waals surface area contributed by atoms with E-state index in [1.165, 1.54) is 81.9 Å². The van der Waals surface area contributed by atoms with E-state index in [0.29, 0.717) is 42.3 Å². The van der Waals surface area contributed by atoms with Crippen LogP contribution in [-0.4, -0.2) is 129 Å². The predicted molar refractivity (Wildman–Crippen MR) is 294 cm³/mol. The van der Waals surface area contributed by atoms with Crippen molar-refractivity contribution in [3.8, 4) is 11.5 Å². The van der Waals surface area contributed by atoms with Crippen molar-refractivity contribution in [1.29, 1.82) is 0 Å². The number of alkyl halides is 3. The Morgan fingerprint density at radius 2 is 0.988 bits per heavy atom. The number of carbonyl (C=O) groups is 5. The normalized spacial score (nSPS) is 11.9. The lowest BCUT2D eigenvalue weighted by molar-refractivity contribution is -0.368. The summed E-state index contributed by atoms with van der Waals surface area (Å²) in [5.41, 5.74) is 13.7. The number of nitrogens with one attached hydrogen (secondary N) is 4. The Bertz CT molecular complexity index is 3560. The molecule has 0 bridgehead atoms. The molecule has 0 fully saturated rings. The molecule has 0 spiro atoms. The molecule has 2 aromatic carbocycles. The number of aliphatic imine (C=N–C) groups is 1. The Kier molecular flexibility index (Phi) is 27.1. The molecule has 4 aromatic heterocycles. The molecule has 6 rings (SSSR count). The molecular weight excluding hydrogens is 1170 g/mol. The number of hydrogen-bond donors (Lipinski definition) is 9. The third-order valence-corrected chi connectivity index (χ3v) is 14.1. The number of sulfonamides is 2. The fourth-order valence-corrected chi connectivity index (χ4v) is 9.37. The maximum atomic E-state index is 13.0. The molecule has 13 N–H and O–H groups in total. The molecule has 0 saturated carbocycles. The van der Waals surface area contributed by atoms with Crippen LogP contribution in [0.3, 0.4) is 0 Å². The molecule has 0 aliphatic carbocycles. The zero-order valence-corrected chi connectivity index (χ0v) is 46.3. The average molecular weight is 1230 g/mol. The summed E-state index contributed by atoms with van der Waals surface area (Å²) in [6, 6.07) is 23.7. The Labute approximate surface area is 478 Å². The van der Waals surface area contributed by atoms with E-state index in [1.807, 2.05) is 4.72 Å². The molecule has 26 nitrogen and oxygen atoms in total. The van der Waals surface area contributed by atoms with E-state index in [2.05, 4.69) is 26.1 Å². The number of pyridine rings is 4. The predicted octanol–water partition coefficient (Wildman–Crippen LogP) is 0.256. The number of unbranched alkanes of at least 4 members (excludes halogenated alkanes) is 4. The number of rotatable bonds is 27. The van der Waals surface area contributed by atoms with Crippen LogP contribution in [0.1, 0.15) is 59.2 Å². The van der Waals surface area contributed by atoms with E-state index < -0.39 is 92.2 Å². The first-order valence-corrected chi connectivity index (χ1v) is 27.6.